The van der Waals surface area contributed by atoms with Crippen LogP contribution in [0.5, 0.6) is 0 Å². The first-order chi connectivity index (χ1) is 14.5. The van der Waals surface area contributed by atoms with E-state index in [2.05, 4.69) is 12.1 Å². The number of amides is 1. The zero-order chi connectivity index (χ0) is 23.2. The molecule has 2 rings (SSSR count). The van der Waals surface area contributed by atoms with Crippen LogP contribution in [0.1, 0.15) is 45.2 Å². The summed E-state index contributed by atoms with van der Waals surface area (Å²) >= 11 is 0. The van der Waals surface area contributed by atoms with Crippen molar-refractivity contribution in [2.45, 2.75) is 52.4 Å². The molecule has 1 fully saturated rings. The fraction of sp³-hybridized carbons (Fsp3) is 0.652. The molecule has 4 atom stereocenters. The first-order valence-corrected chi connectivity index (χ1v) is 10.6. The second-order valence-electron chi connectivity index (χ2n) is 9.52. The van der Waals surface area contributed by atoms with Gasteiger partial charge >= 0.3 is 6.09 Å². The molecular formula is C23H36N2O6. The standard InChI is InChI=1S/C23H36N2O6/c1-16(13-30-5)14-31-15-17-6-8-18(9-7-17)23(28)10-11-25(21(26)27)20(22(2,3)4)19(23)12-24-29/h6-9,12,16,19-20,28-29H,10-11,13-15H2,1-5H3,(H,26,27)/t16-,19-,20?,23-/m0/s1. The second kappa shape index (κ2) is 10.4. The van der Waals surface area contributed by atoms with Crippen molar-refractivity contribution in [1.29, 1.82) is 0 Å². The highest BCUT2D eigenvalue weighted by Gasteiger charge is 2.53. The number of benzene rings is 1. The topological polar surface area (TPSA) is 112 Å². The Morgan fingerprint density at radius 1 is 1.32 bits per heavy atom. The summed E-state index contributed by atoms with van der Waals surface area (Å²) in [6.07, 6.45) is 0.417. The maximum absolute atomic E-state index is 11.9. The number of carboxylic acid groups (broad SMARTS) is 1. The molecule has 0 aromatic heterocycles. The van der Waals surface area contributed by atoms with Crippen molar-refractivity contribution >= 4 is 12.3 Å². The van der Waals surface area contributed by atoms with Crippen molar-refractivity contribution in [3.05, 3.63) is 35.4 Å². The van der Waals surface area contributed by atoms with Crippen molar-refractivity contribution in [3.63, 3.8) is 0 Å². The first kappa shape index (κ1) is 25.1. The number of likely N-dealkylation sites (tertiary alicyclic amines) is 1. The molecule has 0 bridgehead atoms. The molecule has 1 aliphatic rings. The number of nitrogens with zero attached hydrogens (tertiary/aromatic N) is 2. The van der Waals surface area contributed by atoms with E-state index < -0.39 is 29.1 Å². The van der Waals surface area contributed by atoms with Crippen molar-refractivity contribution in [2.75, 3.05) is 26.9 Å². The molecule has 3 N–H and O–H groups in total. The average Bonchev–Trinajstić information content (AvgIpc) is 2.69. The highest BCUT2D eigenvalue weighted by molar-refractivity contribution is 5.70. The second-order valence-corrected chi connectivity index (χ2v) is 9.52. The quantitative estimate of drug-likeness (QED) is 0.326. The van der Waals surface area contributed by atoms with Crippen LogP contribution in [0, 0.1) is 17.3 Å². The first-order valence-electron chi connectivity index (χ1n) is 10.6. The normalized spacial score (nSPS) is 25.7. The molecule has 1 unspecified atom stereocenters. The van der Waals surface area contributed by atoms with E-state index in [1.165, 1.54) is 11.1 Å². The molecule has 0 aliphatic carbocycles. The number of methoxy groups -OCH3 is 1. The molecule has 0 radical (unpaired) electrons. The average molecular weight is 437 g/mol. The van der Waals surface area contributed by atoms with Crippen molar-refractivity contribution in [3.8, 4) is 0 Å². The Labute approximate surface area is 184 Å². The SMILES string of the molecule is COC[C@H](C)COCc1ccc([C@@]2(O)CCN(C(=O)O)C(C(C)(C)C)[C@@H]2C=NO)cc1. The van der Waals surface area contributed by atoms with Gasteiger partial charge in [0.2, 0.25) is 0 Å². The van der Waals surface area contributed by atoms with Crippen LogP contribution in [0.3, 0.4) is 0 Å². The summed E-state index contributed by atoms with van der Waals surface area (Å²) < 4.78 is 10.8. The lowest BCUT2D eigenvalue weighted by molar-refractivity contribution is -0.0956. The summed E-state index contributed by atoms with van der Waals surface area (Å²) in [4.78, 5) is 13.2. The summed E-state index contributed by atoms with van der Waals surface area (Å²) in [5.74, 6) is -0.406. The predicted octanol–water partition coefficient (Wildman–Crippen LogP) is 3.55. The zero-order valence-electron chi connectivity index (χ0n) is 19.1. The van der Waals surface area contributed by atoms with Gasteiger partial charge in [-0.05, 0) is 23.0 Å². The van der Waals surface area contributed by atoms with Crippen LogP contribution in [0.25, 0.3) is 0 Å². The van der Waals surface area contributed by atoms with Crippen molar-refractivity contribution in [2.24, 2.45) is 22.4 Å². The van der Waals surface area contributed by atoms with Gasteiger partial charge in [-0.15, -0.1) is 5.16 Å². The van der Waals surface area contributed by atoms with Crippen LogP contribution in [-0.2, 0) is 21.7 Å². The minimum absolute atomic E-state index is 0.186. The van der Waals surface area contributed by atoms with Gasteiger partial charge in [-0.2, -0.15) is 0 Å². The number of rotatable bonds is 8. The van der Waals surface area contributed by atoms with E-state index in [1.54, 1.807) is 7.11 Å². The van der Waals surface area contributed by atoms with Gasteiger partial charge in [0.05, 0.1) is 38.0 Å². The van der Waals surface area contributed by atoms with Gasteiger partial charge in [0, 0.05) is 19.6 Å². The summed E-state index contributed by atoms with van der Waals surface area (Å²) in [7, 11) is 1.67. The van der Waals surface area contributed by atoms with Crippen LogP contribution in [0.4, 0.5) is 4.79 Å². The van der Waals surface area contributed by atoms with Crippen LogP contribution < -0.4 is 0 Å². The molecule has 8 heteroatoms. The van der Waals surface area contributed by atoms with Gasteiger partial charge in [-0.25, -0.2) is 4.79 Å². The number of oxime groups is 1. The molecule has 1 aliphatic heterocycles. The lowest BCUT2D eigenvalue weighted by Gasteiger charge is -2.52. The Kier molecular flexibility index (Phi) is 8.45. The summed E-state index contributed by atoms with van der Waals surface area (Å²) in [5.41, 5.74) is -0.207. The van der Waals surface area contributed by atoms with E-state index in [1.807, 2.05) is 45.0 Å². The lowest BCUT2D eigenvalue weighted by Crippen LogP contribution is -2.62. The molecule has 1 saturated heterocycles. The number of hydrogen-bond donors (Lipinski definition) is 3. The van der Waals surface area contributed by atoms with Gasteiger partial charge in [-0.3, -0.25) is 0 Å². The third-order valence-corrected chi connectivity index (χ3v) is 5.90. The number of aliphatic hydroxyl groups is 1. The molecule has 1 amide bonds. The number of carbonyl (C=O) groups is 1. The van der Waals surface area contributed by atoms with Crippen LogP contribution in [0.15, 0.2) is 29.4 Å². The highest BCUT2D eigenvalue weighted by atomic mass is 16.5. The van der Waals surface area contributed by atoms with E-state index in [0.29, 0.717) is 31.3 Å². The molecular weight excluding hydrogens is 400 g/mol. The smallest absolute Gasteiger partial charge is 0.407 e. The fourth-order valence-electron chi connectivity index (χ4n) is 4.49. The Bertz CT molecular complexity index is 745. The van der Waals surface area contributed by atoms with E-state index >= 15 is 0 Å². The van der Waals surface area contributed by atoms with Gasteiger partial charge in [0.25, 0.3) is 0 Å². The molecule has 1 aromatic carbocycles. The number of ether oxygens (including phenoxy) is 2. The molecule has 0 saturated carbocycles. The maximum Gasteiger partial charge on any atom is 0.407 e. The molecule has 1 heterocycles. The number of piperidine rings is 1. The van der Waals surface area contributed by atoms with Gasteiger partial charge in [0.1, 0.15) is 5.60 Å². The Morgan fingerprint density at radius 2 is 1.97 bits per heavy atom. The maximum atomic E-state index is 11.9. The predicted molar refractivity (Wildman–Crippen MR) is 117 cm³/mol. The minimum Gasteiger partial charge on any atom is -0.465 e. The number of hydrogen-bond acceptors (Lipinski definition) is 6. The molecule has 174 valence electrons. The van der Waals surface area contributed by atoms with Crippen molar-refractivity contribution < 1.29 is 29.7 Å². The van der Waals surface area contributed by atoms with Crippen LogP contribution >= 0.6 is 0 Å². The zero-order valence-corrected chi connectivity index (χ0v) is 19.1. The Hall–Kier alpha value is -2.16. The van der Waals surface area contributed by atoms with E-state index in [9.17, 15) is 20.2 Å². The van der Waals surface area contributed by atoms with E-state index in [0.717, 1.165) is 5.56 Å². The fourth-order valence-corrected chi connectivity index (χ4v) is 4.49. The summed E-state index contributed by atoms with van der Waals surface area (Å²) in [6.45, 7) is 9.68. The Morgan fingerprint density at radius 3 is 2.48 bits per heavy atom. The monoisotopic (exact) mass is 436 g/mol. The van der Waals surface area contributed by atoms with Gasteiger partial charge in [-0.1, -0.05) is 52.0 Å². The third kappa shape index (κ3) is 5.96. The molecule has 31 heavy (non-hydrogen) atoms. The third-order valence-electron chi connectivity index (χ3n) is 5.90. The van der Waals surface area contributed by atoms with Crippen LogP contribution in [0.2, 0.25) is 0 Å². The van der Waals surface area contributed by atoms with Crippen molar-refractivity contribution in [1.82, 2.24) is 4.90 Å². The summed E-state index contributed by atoms with van der Waals surface area (Å²) in [6, 6.07) is 6.91. The highest BCUT2D eigenvalue weighted by Crippen LogP contribution is 2.45. The molecule has 1 aromatic rings. The van der Waals surface area contributed by atoms with E-state index in [4.69, 9.17) is 9.47 Å². The minimum atomic E-state index is -1.36. The molecule has 0 spiro atoms. The van der Waals surface area contributed by atoms with E-state index in [-0.39, 0.29) is 13.0 Å². The largest absolute Gasteiger partial charge is 0.465 e. The van der Waals surface area contributed by atoms with Crippen LogP contribution in [-0.4, -0.2) is 65.5 Å². The van der Waals surface area contributed by atoms with Gasteiger partial charge < -0.3 is 29.8 Å². The lowest BCUT2D eigenvalue weighted by atomic mass is 9.65. The molecule has 8 nitrogen and oxygen atoms in total. The summed E-state index contributed by atoms with van der Waals surface area (Å²) in [5, 5.41) is 33.9. The Balaban J connectivity index is 2.25. The van der Waals surface area contributed by atoms with Gasteiger partial charge in [0.15, 0.2) is 0 Å².